The predicted octanol–water partition coefficient (Wildman–Crippen LogP) is 6.72. The highest BCUT2D eigenvalue weighted by molar-refractivity contribution is 8.26. The number of Topliss-reactive ketones (excluding diaryl/α,β-unsaturated/α-hetero) is 1. The largest absolute Gasteiger partial charge is 0.512 e. The first-order valence-electron chi connectivity index (χ1n) is 10.1. The van der Waals surface area contributed by atoms with Crippen LogP contribution in [0.5, 0.6) is 11.5 Å². The van der Waals surface area contributed by atoms with Crippen LogP contribution in [0.2, 0.25) is 0 Å². The van der Waals surface area contributed by atoms with E-state index >= 15 is 0 Å². The van der Waals surface area contributed by atoms with Crippen LogP contribution in [0.1, 0.15) is 44.2 Å². The molecule has 4 nitrogen and oxygen atoms in total. The normalized spacial score (nSPS) is 12.2. The molecule has 1 N–H and O–H groups in total. The van der Waals surface area contributed by atoms with Crippen molar-refractivity contribution in [3.63, 3.8) is 0 Å². The number of aliphatic hydroxyl groups is 1. The van der Waals surface area contributed by atoms with Gasteiger partial charge in [0.1, 0.15) is 0 Å². The Morgan fingerprint density at radius 1 is 1.13 bits per heavy atom. The number of carbonyl (C=O) groups excluding carboxylic acids is 1. The van der Waals surface area contributed by atoms with E-state index in [4.69, 9.17) is 21.7 Å². The molecule has 0 aliphatic heterocycles. The second kappa shape index (κ2) is 12.3. The molecule has 0 aliphatic rings. The summed E-state index contributed by atoms with van der Waals surface area (Å²) in [6, 6.07) is 15.1. The van der Waals surface area contributed by atoms with Gasteiger partial charge >= 0.3 is 0 Å². The minimum atomic E-state index is -0.315. The average Bonchev–Trinajstić information content (AvgIpc) is 2.74. The Morgan fingerprint density at radius 2 is 1.77 bits per heavy atom. The van der Waals surface area contributed by atoms with Crippen molar-refractivity contribution >= 4 is 40.0 Å². The standard InChI is InChI=1S/C25H28O4S2/c1-5-28-22-13-12-19(14-23(22)29-6-2)15-24(18(4)27)31-25(30)16-21(17(3)26)20-10-8-7-9-11-20/h7-15,21,26H,3,5-6,16H2,1-2,4H3/b24-15-/t21-/m1/s1. The van der Waals surface area contributed by atoms with Crippen LogP contribution in [0, 0.1) is 0 Å². The highest BCUT2D eigenvalue weighted by Gasteiger charge is 2.19. The summed E-state index contributed by atoms with van der Waals surface area (Å²) in [6.45, 7) is 10.1. The number of thiocarbonyl (C=S) groups is 1. The van der Waals surface area contributed by atoms with Gasteiger partial charge in [0.25, 0.3) is 0 Å². The van der Waals surface area contributed by atoms with E-state index in [9.17, 15) is 9.90 Å². The Kier molecular flexibility index (Phi) is 9.82. The Bertz CT molecular complexity index is 951. The summed E-state index contributed by atoms with van der Waals surface area (Å²) in [5.41, 5.74) is 1.75. The number of aliphatic hydroxyl groups excluding tert-OH is 1. The predicted molar refractivity (Wildman–Crippen MR) is 133 cm³/mol. The first-order chi connectivity index (χ1) is 14.8. The molecule has 0 heterocycles. The number of benzene rings is 2. The van der Waals surface area contributed by atoms with Crippen LogP contribution >= 0.6 is 24.0 Å². The summed E-state index contributed by atoms with van der Waals surface area (Å²) in [7, 11) is 0. The first-order valence-corrected chi connectivity index (χ1v) is 11.3. The summed E-state index contributed by atoms with van der Waals surface area (Å²) in [4.78, 5) is 12.8. The van der Waals surface area contributed by atoms with Crippen molar-refractivity contribution in [2.75, 3.05) is 13.2 Å². The Hall–Kier alpha value is -2.57. The van der Waals surface area contributed by atoms with Crippen LogP contribution in [0.4, 0.5) is 0 Å². The van der Waals surface area contributed by atoms with Gasteiger partial charge in [-0.2, -0.15) is 0 Å². The van der Waals surface area contributed by atoms with Gasteiger partial charge in [0.05, 0.1) is 28.1 Å². The summed E-state index contributed by atoms with van der Waals surface area (Å²) in [5.74, 6) is 0.952. The molecule has 0 aromatic heterocycles. The molecule has 0 saturated carbocycles. The third-order valence-electron chi connectivity index (χ3n) is 4.41. The van der Waals surface area contributed by atoms with Crippen LogP contribution in [-0.4, -0.2) is 28.3 Å². The first kappa shape index (κ1) is 24.7. The fourth-order valence-corrected chi connectivity index (χ4v) is 4.23. The highest BCUT2D eigenvalue weighted by Crippen LogP contribution is 2.33. The number of allylic oxidation sites excluding steroid dienone is 2. The fourth-order valence-electron chi connectivity index (χ4n) is 2.96. The summed E-state index contributed by atoms with van der Waals surface area (Å²) in [5, 5.41) is 10.1. The maximum Gasteiger partial charge on any atom is 0.166 e. The molecule has 0 unspecified atom stereocenters. The van der Waals surface area contributed by atoms with Gasteiger partial charge in [-0.05, 0) is 50.1 Å². The Balaban J connectivity index is 2.23. The lowest BCUT2D eigenvalue weighted by Crippen LogP contribution is -2.07. The van der Waals surface area contributed by atoms with Crippen LogP contribution in [0.3, 0.4) is 0 Å². The van der Waals surface area contributed by atoms with Crippen molar-refractivity contribution in [3.8, 4) is 11.5 Å². The van der Waals surface area contributed by atoms with E-state index in [0.29, 0.717) is 40.2 Å². The number of ketones is 1. The molecule has 0 fully saturated rings. The van der Waals surface area contributed by atoms with Gasteiger partial charge in [-0.1, -0.05) is 67.0 Å². The zero-order valence-electron chi connectivity index (χ0n) is 18.1. The van der Waals surface area contributed by atoms with Gasteiger partial charge in [0.15, 0.2) is 17.3 Å². The lowest BCUT2D eigenvalue weighted by molar-refractivity contribution is -0.112. The lowest BCUT2D eigenvalue weighted by Gasteiger charge is -2.17. The highest BCUT2D eigenvalue weighted by atomic mass is 32.2. The third kappa shape index (κ3) is 7.56. The average molecular weight is 457 g/mol. The van der Waals surface area contributed by atoms with E-state index < -0.39 is 0 Å². The molecule has 0 radical (unpaired) electrons. The number of rotatable bonds is 11. The Morgan fingerprint density at radius 3 is 2.35 bits per heavy atom. The molecule has 2 rings (SSSR count). The van der Waals surface area contributed by atoms with E-state index in [-0.39, 0.29) is 17.5 Å². The monoisotopic (exact) mass is 456 g/mol. The third-order valence-corrected chi connectivity index (χ3v) is 5.85. The molecule has 0 amide bonds. The van der Waals surface area contributed by atoms with Crippen LogP contribution in [0.25, 0.3) is 6.08 Å². The van der Waals surface area contributed by atoms with E-state index in [1.165, 1.54) is 18.7 Å². The second-order valence-corrected chi connectivity index (χ2v) is 8.66. The van der Waals surface area contributed by atoms with Crippen LogP contribution < -0.4 is 9.47 Å². The van der Waals surface area contributed by atoms with Gasteiger partial charge in [-0.25, -0.2) is 0 Å². The SMILES string of the molecule is C=C(O)[C@@H](CC(=S)S/C(=C\c1ccc(OCC)c(OCC)c1)C(C)=O)c1ccccc1. The second-order valence-electron chi connectivity index (χ2n) is 6.77. The van der Waals surface area contributed by atoms with Gasteiger partial charge in [-0.3, -0.25) is 4.79 Å². The van der Waals surface area contributed by atoms with Crippen molar-refractivity contribution in [2.24, 2.45) is 0 Å². The number of carbonyl (C=O) groups is 1. The zero-order chi connectivity index (χ0) is 22.8. The fraction of sp³-hybridized carbons (Fsp3) is 0.280. The molecule has 0 bridgehead atoms. The van der Waals surface area contributed by atoms with Gasteiger partial charge < -0.3 is 14.6 Å². The maximum atomic E-state index is 12.3. The molecular weight excluding hydrogens is 428 g/mol. The topological polar surface area (TPSA) is 55.8 Å². The Labute approximate surface area is 194 Å². The van der Waals surface area contributed by atoms with Gasteiger partial charge in [0.2, 0.25) is 0 Å². The molecule has 2 aromatic carbocycles. The molecule has 0 aliphatic carbocycles. The van der Waals surface area contributed by atoms with E-state index in [1.807, 2.05) is 62.4 Å². The summed E-state index contributed by atoms with van der Waals surface area (Å²) >= 11 is 6.80. The smallest absolute Gasteiger partial charge is 0.166 e. The minimum absolute atomic E-state index is 0.0513. The molecule has 1 atom stereocenters. The van der Waals surface area contributed by atoms with Crippen molar-refractivity contribution in [1.82, 2.24) is 0 Å². The van der Waals surface area contributed by atoms with Gasteiger partial charge in [-0.15, -0.1) is 0 Å². The molecule has 164 valence electrons. The minimum Gasteiger partial charge on any atom is -0.512 e. The van der Waals surface area contributed by atoms with E-state index in [2.05, 4.69) is 6.58 Å². The van der Waals surface area contributed by atoms with E-state index in [1.54, 1.807) is 6.08 Å². The molecule has 6 heteroatoms. The number of thioether (sulfide) groups is 1. The van der Waals surface area contributed by atoms with Crippen molar-refractivity contribution in [3.05, 3.63) is 76.9 Å². The number of hydrogen-bond donors (Lipinski definition) is 1. The summed E-state index contributed by atoms with van der Waals surface area (Å²) in [6.07, 6.45) is 2.19. The number of ether oxygens (including phenoxy) is 2. The maximum absolute atomic E-state index is 12.3. The molecule has 2 aromatic rings. The molecular formula is C25H28O4S2. The van der Waals surface area contributed by atoms with E-state index in [0.717, 1.165) is 11.1 Å². The zero-order valence-corrected chi connectivity index (χ0v) is 19.7. The van der Waals surface area contributed by atoms with Crippen LogP contribution in [-0.2, 0) is 4.79 Å². The summed E-state index contributed by atoms with van der Waals surface area (Å²) < 4.78 is 11.9. The van der Waals surface area contributed by atoms with Crippen molar-refractivity contribution < 1.29 is 19.4 Å². The number of hydrogen-bond acceptors (Lipinski definition) is 6. The quantitative estimate of drug-likeness (QED) is 0.230. The molecule has 0 saturated heterocycles. The molecule has 31 heavy (non-hydrogen) atoms. The van der Waals surface area contributed by atoms with Crippen LogP contribution in [0.15, 0.2) is 65.8 Å². The lowest BCUT2D eigenvalue weighted by atomic mass is 9.95. The van der Waals surface area contributed by atoms with Gasteiger partial charge in [0, 0.05) is 12.3 Å². The van der Waals surface area contributed by atoms with Crippen molar-refractivity contribution in [2.45, 2.75) is 33.1 Å². The molecule has 0 spiro atoms. The van der Waals surface area contributed by atoms with Crippen molar-refractivity contribution in [1.29, 1.82) is 0 Å².